The van der Waals surface area contributed by atoms with Crippen LogP contribution in [0.5, 0.6) is 0 Å². The van der Waals surface area contributed by atoms with Crippen molar-refractivity contribution in [2.45, 2.75) is 13.8 Å². The van der Waals surface area contributed by atoms with Gasteiger partial charge in [0.25, 0.3) is 0 Å². The number of hydrogen-bond donors (Lipinski definition) is 0. The number of ether oxygens (including phenoxy) is 1. The Hall–Kier alpha value is -0.820. The first-order valence-corrected chi connectivity index (χ1v) is 3.70. The van der Waals surface area contributed by atoms with Gasteiger partial charge in [0, 0.05) is 7.11 Å². The minimum atomic E-state index is 0.655. The molecule has 0 atom stereocenters. The monoisotopic (exact) mass is 152 g/mol. The van der Waals surface area contributed by atoms with Gasteiger partial charge in [0.05, 0.1) is 6.61 Å². The second-order valence-corrected chi connectivity index (χ2v) is 2.35. The Labute approximate surface area is 69.1 Å². The van der Waals surface area contributed by atoms with Crippen molar-refractivity contribution in [2.24, 2.45) is 0 Å². The van der Waals surface area contributed by atoms with Crippen LogP contribution in [0.25, 0.3) is 0 Å². The predicted octanol–water partition coefficient (Wildman–Crippen LogP) is 2.71. The lowest BCUT2D eigenvalue weighted by Crippen LogP contribution is -1.93. The molecule has 0 spiro atoms. The van der Waals surface area contributed by atoms with Gasteiger partial charge in [-0.05, 0) is 25.0 Å². The van der Waals surface area contributed by atoms with Crippen molar-refractivity contribution in [2.75, 3.05) is 13.7 Å². The maximum atomic E-state index is 5.02. The summed E-state index contributed by atoms with van der Waals surface area (Å²) in [6.07, 6.45) is 5.89. The van der Waals surface area contributed by atoms with Crippen molar-refractivity contribution in [1.82, 2.24) is 0 Å². The Balaban J connectivity index is 4.42. The Morgan fingerprint density at radius 1 is 1.55 bits per heavy atom. The third kappa shape index (κ3) is 3.79. The van der Waals surface area contributed by atoms with Gasteiger partial charge in [-0.25, -0.2) is 0 Å². The van der Waals surface area contributed by atoms with Crippen LogP contribution in [0.1, 0.15) is 13.8 Å². The van der Waals surface area contributed by atoms with Crippen LogP contribution in [0.3, 0.4) is 0 Å². The molecule has 1 heteroatoms. The molecule has 0 saturated carbocycles. The molecule has 0 radical (unpaired) electrons. The van der Waals surface area contributed by atoms with Crippen LogP contribution >= 0.6 is 0 Å². The van der Waals surface area contributed by atoms with E-state index in [9.17, 15) is 0 Å². The summed E-state index contributed by atoms with van der Waals surface area (Å²) in [6.45, 7) is 8.37. The maximum Gasteiger partial charge on any atom is 0.0715 e. The SMILES string of the molecule is C=C/C(C)=C(/C=C\C)COC. The molecule has 62 valence electrons. The summed E-state index contributed by atoms with van der Waals surface area (Å²) in [6, 6.07) is 0. The number of allylic oxidation sites excluding steroid dienone is 3. The van der Waals surface area contributed by atoms with Crippen LogP contribution in [0.2, 0.25) is 0 Å². The van der Waals surface area contributed by atoms with Gasteiger partial charge in [-0.3, -0.25) is 0 Å². The summed E-state index contributed by atoms with van der Waals surface area (Å²) in [7, 11) is 1.69. The minimum absolute atomic E-state index is 0.655. The van der Waals surface area contributed by atoms with Crippen LogP contribution in [0.4, 0.5) is 0 Å². The van der Waals surface area contributed by atoms with Gasteiger partial charge in [-0.1, -0.05) is 24.8 Å². The zero-order chi connectivity index (χ0) is 8.69. The van der Waals surface area contributed by atoms with Gasteiger partial charge in [0.1, 0.15) is 0 Å². The predicted molar refractivity (Wildman–Crippen MR) is 49.6 cm³/mol. The van der Waals surface area contributed by atoms with E-state index in [0.29, 0.717) is 6.61 Å². The van der Waals surface area contributed by atoms with Crippen LogP contribution in [-0.2, 0) is 4.74 Å². The number of methoxy groups -OCH3 is 1. The molecule has 0 aliphatic carbocycles. The van der Waals surface area contributed by atoms with E-state index in [-0.39, 0.29) is 0 Å². The van der Waals surface area contributed by atoms with Crippen LogP contribution in [0.15, 0.2) is 36.0 Å². The smallest absolute Gasteiger partial charge is 0.0715 e. The molecule has 0 aliphatic rings. The molecule has 0 unspecified atom stereocenters. The lowest BCUT2D eigenvalue weighted by molar-refractivity contribution is 0.227. The maximum absolute atomic E-state index is 5.02. The molecule has 1 nitrogen and oxygen atoms in total. The molecular formula is C10H16O. The van der Waals surface area contributed by atoms with Crippen molar-refractivity contribution < 1.29 is 4.74 Å². The third-order valence-electron chi connectivity index (χ3n) is 1.48. The van der Waals surface area contributed by atoms with Gasteiger partial charge in [-0.2, -0.15) is 0 Å². The highest BCUT2D eigenvalue weighted by Gasteiger charge is 1.93. The van der Waals surface area contributed by atoms with Gasteiger partial charge < -0.3 is 4.74 Å². The highest BCUT2D eigenvalue weighted by Crippen LogP contribution is 2.06. The molecule has 11 heavy (non-hydrogen) atoms. The Morgan fingerprint density at radius 2 is 2.18 bits per heavy atom. The number of rotatable bonds is 4. The summed E-state index contributed by atoms with van der Waals surface area (Å²) < 4.78 is 5.02. The number of hydrogen-bond acceptors (Lipinski definition) is 1. The lowest BCUT2D eigenvalue weighted by Gasteiger charge is -2.02. The average molecular weight is 152 g/mol. The van der Waals surface area contributed by atoms with Gasteiger partial charge in [0.2, 0.25) is 0 Å². The van der Waals surface area contributed by atoms with E-state index < -0.39 is 0 Å². The molecule has 0 amide bonds. The summed E-state index contributed by atoms with van der Waals surface area (Å²) in [5.74, 6) is 0. The van der Waals surface area contributed by atoms with Crippen molar-refractivity contribution in [3.63, 3.8) is 0 Å². The van der Waals surface area contributed by atoms with E-state index in [1.165, 1.54) is 11.1 Å². The van der Waals surface area contributed by atoms with E-state index in [4.69, 9.17) is 4.74 Å². The van der Waals surface area contributed by atoms with E-state index in [1.54, 1.807) is 7.11 Å². The van der Waals surface area contributed by atoms with E-state index in [1.807, 2.05) is 32.1 Å². The van der Waals surface area contributed by atoms with E-state index >= 15 is 0 Å². The molecule has 0 heterocycles. The zero-order valence-electron chi connectivity index (χ0n) is 7.55. The second kappa shape index (κ2) is 5.93. The highest BCUT2D eigenvalue weighted by atomic mass is 16.5. The van der Waals surface area contributed by atoms with Gasteiger partial charge in [-0.15, -0.1) is 0 Å². The Morgan fingerprint density at radius 3 is 2.55 bits per heavy atom. The highest BCUT2D eigenvalue weighted by molar-refractivity contribution is 5.30. The van der Waals surface area contributed by atoms with Crippen LogP contribution < -0.4 is 0 Å². The van der Waals surface area contributed by atoms with Crippen molar-refractivity contribution >= 4 is 0 Å². The summed E-state index contributed by atoms with van der Waals surface area (Å²) in [5.41, 5.74) is 2.36. The fourth-order valence-corrected chi connectivity index (χ4v) is 0.781. The van der Waals surface area contributed by atoms with E-state index in [2.05, 4.69) is 6.58 Å². The zero-order valence-corrected chi connectivity index (χ0v) is 7.55. The normalized spacial score (nSPS) is 13.4. The first-order chi connectivity index (χ1) is 5.26. The first-order valence-electron chi connectivity index (χ1n) is 3.70. The second-order valence-electron chi connectivity index (χ2n) is 2.35. The molecule has 0 aromatic rings. The third-order valence-corrected chi connectivity index (χ3v) is 1.48. The van der Waals surface area contributed by atoms with E-state index in [0.717, 1.165) is 0 Å². The summed E-state index contributed by atoms with van der Waals surface area (Å²) >= 11 is 0. The molecule has 0 rings (SSSR count). The quantitative estimate of drug-likeness (QED) is 0.563. The largest absolute Gasteiger partial charge is 0.380 e. The lowest BCUT2D eigenvalue weighted by atomic mass is 10.1. The molecule has 0 N–H and O–H groups in total. The van der Waals surface area contributed by atoms with Gasteiger partial charge in [0.15, 0.2) is 0 Å². The fraction of sp³-hybridized carbons (Fsp3) is 0.400. The summed E-state index contributed by atoms with van der Waals surface area (Å²) in [5, 5.41) is 0. The van der Waals surface area contributed by atoms with Crippen LogP contribution in [0, 0.1) is 0 Å². The van der Waals surface area contributed by atoms with Crippen molar-refractivity contribution in [1.29, 1.82) is 0 Å². The molecule has 0 bridgehead atoms. The standard InChI is InChI=1S/C10H16O/c1-5-7-10(8-11-4)9(3)6-2/h5-7H,2,8H2,1,3-4H3/b7-5-,10-9-. The molecule has 0 aromatic heterocycles. The fourth-order valence-electron chi connectivity index (χ4n) is 0.781. The topological polar surface area (TPSA) is 9.23 Å². The first kappa shape index (κ1) is 10.2. The molecule has 0 saturated heterocycles. The minimum Gasteiger partial charge on any atom is -0.380 e. The average Bonchev–Trinajstić information content (AvgIpc) is 2.03. The Bertz CT molecular complexity index is 175. The van der Waals surface area contributed by atoms with Crippen molar-refractivity contribution in [3.05, 3.63) is 36.0 Å². The molecule has 0 aliphatic heterocycles. The molecule has 0 aromatic carbocycles. The van der Waals surface area contributed by atoms with Gasteiger partial charge >= 0.3 is 0 Å². The van der Waals surface area contributed by atoms with Crippen LogP contribution in [-0.4, -0.2) is 13.7 Å². The summed E-state index contributed by atoms with van der Waals surface area (Å²) in [4.78, 5) is 0. The Kier molecular flexibility index (Phi) is 5.49. The van der Waals surface area contributed by atoms with Crippen molar-refractivity contribution in [3.8, 4) is 0 Å². The molecule has 0 fully saturated rings. The molecular weight excluding hydrogens is 136 g/mol.